The minimum absolute atomic E-state index is 0.116. The predicted octanol–water partition coefficient (Wildman–Crippen LogP) is 3.55. The Hall–Kier alpha value is -3.68. The van der Waals surface area contributed by atoms with Gasteiger partial charge < -0.3 is 15.0 Å². The van der Waals surface area contributed by atoms with E-state index >= 15 is 0 Å². The van der Waals surface area contributed by atoms with Crippen molar-refractivity contribution < 1.29 is 23.9 Å². The summed E-state index contributed by atoms with van der Waals surface area (Å²) in [5.41, 5.74) is 1.67. The summed E-state index contributed by atoms with van der Waals surface area (Å²) in [6, 6.07) is 13.6. The van der Waals surface area contributed by atoms with E-state index in [4.69, 9.17) is 4.74 Å². The molecular weight excluding hydrogens is 458 g/mol. The van der Waals surface area contributed by atoms with Gasteiger partial charge in [0.2, 0.25) is 11.8 Å². The first kappa shape index (κ1) is 25.4. The fourth-order valence-corrected chi connectivity index (χ4v) is 4.88. The van der Waals surface area contributed by atoms with E-state index < -0.39 is 6.04 Å². The van der Waals surface area contributed by atoms with Crippen LogP contribution in [0.15, 0.2) is 48.5 Å². The van der Waals surface area contributed by atoms with E-state index in [1.807, 2.05) is 24.3 Å². The number of nitrogens with one attached hydrogen (secondary N) is 1. The maximum atomic E-state index is 13.3. The molecule has 0 radical (unpaired) electrons. The van der Waals surface area contributed by atoms with Gasteiger partial charge in [-0.2, -0.15) is 0 Å². The average Bonchev–Trinajstić information content (AvgIpc) is 3.49. The maximum absolute atomic E-state index is 13.3. The average molecular weight is 492 g/mol. The van der Waals surface area contributed by atoms with Gasteiger partial charge in [-0.3, -0.25) is 24.1 Å². The first-order chi connectivity index (χ1) is 17.4. The van der Waals surface area contributed by atoms with Gasteiger partial charge in [0.25, 0.3) is 11.8 Å². The number of hydrogen-bond donors (Lipinski definition) is 1. The highest BCUT2D eigenvalue weighted by Crippen LogP contribution is 2.23. The van der Waals surface area contributed by atoms with Crippen molar-refractivity contribution in [3.05, 3.63) is 65.2 Å². The predicted molar refractivity (Wildman–Crippen MR) is 134 cm³/mol. The van der Waals surface area contributed by atoms with Crippen molar-refractivity contribution in [3.8, 4) is 5.75 Å². The molecule has 2 aromatic rings. The van der Waals surface area contributed by atoms with E-state index in [2.05, 4.69) is 5.32 Å². The third-order valence-electron chi connectivity index (χ3n) is 7.03. The minimum Gasteiger partial charge on any atom is -0.497 e. The molecular formula is C28H33N3O5. The maximum Gasteiger partial charge on any atom is 0.261 e. The Balaban J connectivity index is 1.41. The Morgan fingerprint density at radius 1 is 1.03 bits per heavy atom. The standard InChI is InChI=1S/C28H33N3O5/c1-19(26(33)29-21-8-3-4-9-21)31(18-20-13-15-22(36-2)16-14-20)25(32)12-7-17-30-27(34)23-10-5-6-11-24(23)28(30)35/h5-6,10-11,13-16,19,21H,3-4,7-9,12,17-18H2,1-2H3,(H,29,33). The summed E-state index contributed by atoms with van der Waals surface area (Å²) in [5, 5.41) is 3.09. The molecule has 0 spiro atoms. The Kier molecular flexibility index (Phi) is 8.03. The van der Waals surface area contributed by atoms with Crippen molar-refractivity contribution in [1.82, 2.24) is 15.1 Å². The lowest BCUT2D eigenvalue weighted by Crippen LogP contribution is -2.49. The molecule has 1 heterocycles. The van der Waals surface area contributed by atoms with Gasteiger partial charge in [0.1, 0.15) is 11.8 Å². The number of hydrogen-bond acceptors (Lipinski definition) is 5. The van der Waals surface area contributed by atoms with Gasteiger partial charge in [-0.15, -0.1) is 0 Å². The molecule has 190 valence electrons. The molecule has 0 saturated heterocycles. The van der Waals surface area contributed by atoms with Crippen LogP contribution in [-0.4, -0.2) is 59.2 Å². The third-order valence-corrected chi connectivity index (χ3v) is 7.03. The number of rotatable bonds is 10. The molecule has 1 saturated carbocycles. The molecule has 8 heteroatoms. The van der Waals surface area contributed by atoms with Crippen LogP contribution in [0, 0.1) is 0 Å². The highest BCUT2D eigenvalue weighted by Gasteiger charge is 2.35. The van der Waals surface area contributed by atoms with Crippen LogP contribution in [0.1, 0.15) is 71.7 Å². The van der Waals surface area contributed by atoms with Gasteiger partial charge in [-0.05, 0) is 56.0 Å². The number of nitrogens with zero attached hydrogens (tertiary/aromatic N) is 2. The SMILES string of the molecule is COc1ccc(CN(C(=O)CCCN2C(=O)c3ccccc3C2=O)C(C)C(=O)NC2CCCC2)cc1. The van der Waals surface area contributed by atoms with Crippen LogP contribution in [-0.2, 0) is 16.1 Å². The summed E-state index contributed by atoms with van der Waals surface area (Å²) in [5.74, 6) is -0.310. The Morgan fingerprint density at radius 3 is 2.22 bits per heavy atom. The monoisotopic (exact) mass is 491 g/mol. The van der Waals surface area contributed by atoms with Crippen LogP contribution in [0.25, 0.3) is 0 Å². The largest absolute Gasteiger partial charge is 0.497 e. The molecule has 1 N–H and O–H groups in total. The van der Waals surface area contributed by atoms with Gasteiger partial charge in [-0.25, -0.2) is 0 Å². The lowest BCUT2D eigenvalue weighted by atomic mass is 10.1. The molecule has 4 rings (SSSR count). The molecule has 0 aromatic heterocycles. The van der Waals surface area contributed by atoms with Crippen molar-refractivity contribution in [2.45, 2.75) is 64.1 Å². The molecule has 1 unspecified atom stereocenters. The van der Waals surface area contributed by atoms with Gasteiger partial charge in [0, 0.05) is 25.6 Å². The molecule has 2 aromatic carbocycles. The van der Waals surface area contributed by atoms with Gasteiger partial charge in [0.15, 0.2) is 0 Å². The molecule has 1 atom stereocenters. The topological polar surface area (TPSA) is 96.0 Å². The summed E-state index contributed by atoms with van der Waals surface area (Å²) in [6.07, 6.45) is 4.57. The van der Waals surface area contributed by atoms with Gasteiger partial charge in [-0.1, -0.05) is 37.1 Å². The van der Waals surface area contributed by atoms with E-state index in [9.17, 15) is 19.2 Å². The number of ether oxygens (including phenoxy) is 1. The zero-order valence-corrected chi connectivity index (χ0v) is 20.9. The van der Waals surface area contributed by atoms with Crippen LogP contribution in [0.2, 0.25) is 0 Å². The molecule has 1 fully saturated rings. The van der Waals surface area contributed by atoms with Crippen LogP contribution in [0.3, 0.4) is 0 Å². The number of carbonyl (C=O) groups is 4. The number of imide groups is 1. The first-order valence-corrected chi connectivity index (χ1v) is 12.6. The summed E-state index contributed by atoms with van der Waals surface area (Å²) >= 11 is 0. The lowest BCUT2D eigenvalue weighted by Gasteiger charge is -2.30. The van der Waals surface area contributed by atoms with Crippen molar-refractivity contribution in [2.75, 3.05) is 13.7 Å². The number of benzene rings is 2. The summed E-state index contributed by atoms with van der Waals surface area (Å²) < 4.78 is 5.22. The molecule has 1 aliphatic heterocycles. The van der Waals surface area contributed by atoms with E-state index in [0.717, 1.165) is 31.2 Å². The van der Waals surface area contributed by atoms with E-state index in [1.54, 1.807) is 43.2 Å². The highest BCUT2D eigenvalue weighted by molar-refractivity contribution is 6.21. The van der Waals surface area contributed by atoms with Crippen molar-refractivity contribution in [3.63, 3.8) is 0 Å². The second kappa shape index (κ2) is 11.4. The normalized spacial score (nSPS) is 16.1. The van der Waals surface area contributed by atoms with E-state index in [0.29, 0.717) is 23.3 Å². The first-order valence-electron chi connectivity index (χ1n) is 12.6. The number of fused-ring (bicyclic) bond motifs is 1. The summed E-state index contributed by atoms with van der Waals surface area (Å²) in [4.78, 5) is 54.4. The van der Waals surface area contributed by atoms with Crippen LogP contribution >= 0.6 is 0 Å². The second-order valence-corrected chi connectivity index (χ2v) is 9.45. The third kappa shape index (κ3) is 5.58. The molecule has 2 aliphatic rings. The fourth-order valence-electron chi connectivity index (χ4n) is 4.88. The fraction of sp³-hybridized carbons (Fsp3) is 0.429. The van der Waals surface area contributed by atoms with Crippen molar-refractivity contribution in [1.29, 1.82) is 0 Å². The molecule has 1 aliphatic carbocycles. The van der Waals surface area contributed by atoms with Gasteiger partial charge in [0.05, 0.1) is 18.2 Å². The Bertz CT molecular complexity index is 1090. The van der Waals surface area contributed by atoms with Crippen LogP contribution in [0.4, 0.5) is 0 Å². The molecule has 0 bridgehead atoms. The zero-order chi connectivity index (χ0) is 25.7. The smallest absolute Gasteiger partial charge is 0.261 e. The Morgan fingerprint density at radius 2 is 1.64 bits per heavy atom. The number of carbonyl (C=O) groups excluding carboxylic acids is 4. The van der Waals surface area contributed by atoms with Crippen LogP contribution in [0.5, 0.6) is 5.75 Å². The summed E-state index contributed by atoms with van der Waals surface area (Å²) in [6.45, 7) is 2.17. The van der Waals surface area contributed by atoms with E-state index in [-0.39, 0.29) is 49.2 Å². The van der Waals surface area contributed by atoms with Crippen molar-refractivity contribution in [2.24, 2.45) is 0 Å². The number of amides is 4. The summed E-state index contributed by atoms with van der Waals surface area (Å²) in [7, 11) is 1.59. The lowest BCUT2D eigenvalue weighted by molar-refractivity contribution is -0.141. The van der Waals surface area contributed by atoms with Gasteiger partial charge >= 0.3 is 0 Å². The minimum atomic E-state index is -0.653. The zero-order valence-electron chi connectivity index (χ0n) is 20.9. The van der Waals surface area contributed by atoms with E-state index in [1.165, 1.54) is 4.90 Å². The Labute approximate surface area is 211 Å². The molecule has 8 nitrogen and oxygen atoms in total. The number of methoxy groups -OCH3 is 1. The van der Waals surface area contributed by atoms with Crippen molar-refractivity contribution >= 4 is 23.6 Å². The molecule has 36 heavy (non-hydrogen) atoms. The highest BCUT2D eigenvalue weighted by atomic mass is 16.5. The van der Waals surface area contributed by atoms with Crippen LogP contribution < -0.4 is 10.1 Å². The second-order valence-electron chi connectivity index (χ2n) is 9.45. The molecule has 4 amide bonds. The quantitative estimate of drug-likeness (QED) is 0.513.